The van der Waals surface area contributed by atoms with Crippen molar-refractivity contribution in [2.24, 2.45) is 0 Å². The average Bonchev–Trinajstić information content (AvgIpc) is 2.72. The summed E-state index contributed by atoms with van der Waals surface area (Å²) in [5.74, 6) is 0. The van der Waals surface area contributed by atoms with Gasteiger partial charge in [0.15, 0.2) is 6.29 Å². The third-order valence-electron chi connectivity index (χ3n) is 4.54. The number of rotatable bonds is 5. The highest BCUT2D eigenvalue weighted by Gasteiger charge is 2.22. The minimum atomic E-state index is -0.605. The van der Waals surface area contributed by atoms with Crippen LogP contribution in [0.15, 0.2) is 84.9 Å². The van der Waals surface area contributed by atoms with Gasteiger partial charge in [-0.3, -0.25) is 0 Å². The van der Waals surface area contributed by atoms with Gasteiger partial charge < -0.3 is 9.47 Å². The molecular formula is C23H23O2P. The molecule has 132 valence electrons. The van der Waals surface area contributed by atoms with Gasteiger partial charge in [-0.05, 0) is 35.8 Å². The maximum absolute atomic E-state index is 5.81. The lowest BCUT2D eigenvalue weighted by Crippen LogP contribution is -2.30. The van der Waals surface area contributed by atoms with Gasteiger partial charge in [-0.2, -0.15) is 0 Å². The fourth-order valence-electron chi connectivity index (χ4n) is 3.32. The zero-order valence-corrected chi connectivity index (χ0v) is 15.6. The molecule has 3 aromatic rings. The van der Waals surface area contributed by atoms with E-state index in [4.69, 9.17) is 9.47 Å². The molecule has 0 spiro atoms. The summed E-state index contributed by atoms with van der Waals surface area (Å²) in [5.41, 5.74) is 1.32. The molecule has 0 atom stereocenters. The maximum Gasteiger partial charge on any atom is 0.161 e. The second-order valence-corrected chi connectivity index (χ2v) is 8.55. The second-order valence-electron chi connectivity index (χ2n) is 6.36. The van der Waals surface area contributed by atoms with Gasteiger partial charge in [-0.25, -0.2) is 0 Å². The Morgan fingerprint density at radius 2 is 1.23 bits per heavy atom. The first-order chi connectivity index (χ1) is 12.9. The van der Waals surface area contributed by atoms with Crippen molar-refractivity contribution < 1.29 is 9.47 Å². The van der Waals surface area contributed by atoms with Gasteiger partial charge in [0.2, 0.25) is 0 Å². The van der Waals surface area contributed by atoms with Crippen molar-refractivity contribution in [1.29, 1.82) is 0 Å². The molecule has 3 aromatic carbocycles. The minimum absolute atomic E-state index is 0.131. The predicted molar refractivity (Wildman–Crippen MR) is 109 cm³/mol. The molecule has 1 saturated heterocycles. The second kappa shape index (κ2) is 8.60. The Kier molecular flexibility index (Phi) is 5.76. The van der Waals surface area contributed by atoms with Crippen LogP contribution in [0.25, 0.3) is 0 Å². The maximum atomic E-state index is 5.81. The molecular weight excluding hydrogens is 339 g/mol. The summed E-state index contributed by atoms with van der Waals surface area (Å²) in [5, 5.41) is 4.12. The molecule has 0 N–H and O–H groups in total. The Morgan fingerprint density at radius 3 is 1.85 bits per heavy atom. The standard InChI is InChI=1S/C23H23O2P/c1-3-11-20(12-4-1)26(21-13-5-2-6-14-21)22-15-8-7-10-19(22)18-23-24-16-9-17-25-23/h1-8,10-15,23H,9,16-18H2. The molecule has 4 rings (SSSR count). The lowest BCUT2D eigenvalue weighted by molar-refractivity contribution is -0.176. The molecule has 0 bridgehead atoms. The molecule has 1 aliphatic heterocycles. The van der Waals surface area contributed by atoms with Crippen LogP contribution in [-0.4, -0.2) is 19.5 Å². The minimum Gasteiger partial charge on any atom is -0.352 e. The van der Waals surface area contributed by atoms with E-state index in [9.17, 15) is 0 Å². The Bertz CT molecular complexity index is 774. The van der Waals surface area contributed by atoms with Crippen LogP contribution in [0.1, 0.15) is 12.0 Å². The van der Waals surface area contributed by atoms with Crippen LogP contribution < -0.4 is 15.9 Å². The zero-order valence-electron chi connectivity index (χ0n) is 14.8. The topological polar surface area (TPSA) is 18.5 Å². The molecule has 0 radical (unpaired) electrons. The molecule has 2 nitrogen and oxygen atoms in total. The van der Waals surface area contributed by atoms with E-state index in [1.807, 2.05) is 0 Å². The number of ether oxygens (including phenoxy) is 2. The molecule has 0 unspecified atom stereocenters. The first-order valence-corrected chi connectivity index (χ1v) is 10.5. The largest absolute Gasteiger partial charge is 0.352 e. The van der Waals surface area contributed by atoms with Crippen molar-refractivity contribution in [2.75, 3.05) is 13.2 Å². The fourth-order valence-corrected chi connectivity index (χ4v) is 5.80. The van der Waals surface area contributed by atoms with E-state index in [1.165, 1.54) is 21.5 Å². The normalized spacial score (nSPS) is 15.3. The lowest BCUT2D eigenvalue weighted by Gasteiger charge is -2.26. The molecule has 1 fully saturated rings. The summed E-state index contributed by atoms with van der Waals surface area (Å²) >= 11 is 0. The zero-order chi connectivity index (χ0) is 17.6. The van der Waals surface area contributed by atoms with Crippen LogP contribution in [0.4, 0.5) is 0 Å². The SMILES string of the molecule is c1ccc(P(c2ccccc2)c2ccccc2CC2OCCCO2)cc1. The first kappa shape index (κ1) is 17.4. The monoisotopic (exact) mass is 362 g/mol. The fraction of sp³-hybridized carbons (Fsp3) is 0.217. The highest BCUT2D eigenvalue weighted by Crippen LogP contribution is 2.34. The predicted octanol–water partition coefficient (Wildman–Crippen LogP) is 3.75. The highest BCUT2D eigenvalue weighted by atomic mass is 31.1. The van der Waals surface area contributed by atoms with Gasteiger partial charge in [0.25, 0.3) is 0 Å². The van der Waals surface area contributed by atoms with Gasteiger partial charge in [-0.15, -0.1) is 0 Å². The Balaban J connectivity index is 1.74. The van der Waals surface area contributed by atoms with Crippen LogP contribution in [-0.2, 0) is 15.9 Å². The summed E-state index contributed by atoms with van der Waals surface area (Å²) < 4.78 is 11.6. The van der Waals surface area contributed by atoms with Crippen LogP contribution in [0.5, 0.6) is 0 Å². The van der Waals surface area contributed by atoms with E-state index < -0.39 is 7.92 Å². The molecule has 0 aromatic heterocycles. The van der Waals surface area contributed by atoms with Gasteiger partial charge in [0.05, 0.1) is 13.2 Å². The van der Waals surface area contributed by atoms with Gasteiger partial charge in [0.1, 0.15) is 0 Å². The number of hydrogen-bond acceptors (Lipinski definition) is 2. The van der Waals surface area contributed by atoms with Crippen LogP contribution >= 0.6 is 7.92 Å². The van der Waals surface area contributed by atoms with E-state index in [1.54, 1.807) is 0 Å². The Labute approximate surface area is 156 Å². The van der Waals surface area contributed by atoms with Crippen LogP contribution in [0, 0.1) is 0 Å². The van der Waals surface area contributed by atoms with E-state index >= 15 is 0 Å². The van der Waals surface area contributed by atoms with Gasteiger partial charge in [-0.1, -0.05) is 84.9 Å². The van der Waals surface area contributed by atoms with Crippen molar-refractivity contribution in [2.45, 2.75) is 19.1 Å². The molecule has 0 amide bonds. The average molecular weight is 362 g/mol. The summed E-state index contributed by atoms with van der Waals surface area (Å²) in [6.07, 6.45) is 1.65. The molecule has 0 saturated carbocycles. The molecule has 1 aliphatic rings. The van der Waals surface area contributed by atoms with E-state index in [0.717, 1.165) is 26.1 Å². The summed E-state index contributed by atoms with van der Waals surface area (Å²) in [6.45, 7) is 1.58. The van der Waals surface area contributed by atoms with Crippen molar-refractivity contribution in [3.63, 3.8) is 0 Å². The van der Waals surface area contributed by atoms with Crippen molar-refractivity contribution >= 4 is 23.8 Å². The smallest absolute Gasteiger partial charge is 0.161 e. The summed E-state index contributed by atoms with van der Waals surface area (Å²) in [6, 6.07) is 30.4. The van der Waals surface area contributed by atoms with Crippen LogP contribution in [0.3, 0.4) is 0 Å². The van der Waals surface area contributed by atoms with Crippen LogP contribution in [0.2, 0.25) is 0 Å². The molecule has 0 aliphatic carbocycles. The highest BCUT2D eigenvalue weighted by molar-refractivity contribution is 7.79. The molecule has 1 heterocycles. The van der Waals surface area contributed by atoms with Gasteiger partial charge in [0, 0.05) is 6.42 Å². The third-order valence-corrected chi connectivity index (χ3v) is 7.09. The Morgan fingerprint density at radius 1 is 0.692 bits per heavy atom. The Hall–Kier alpha value is -1.99. The molecule has 26 heavy (non-hydrogen) atoms. The number of hydrogen-bond donors (Lipinski definition) is 0. The molecule has 3 heteroatoms. The summed E-state index contributed by atoms with van der Waals surface area (Å²) in [4.78, 5) is 0. The van der Waals surface area contributed by atoms with Gasteiger partial charge >= 0.3 is 0 Å². The van der Waals surface area contributed by atoms with Crippen molar-refractivity contribution in [3.8, 4) is 0 Å². The quantitative estimate of drug-likeness (QED) is 0.644. The van der Waals surface area contributed by atoms with E-state index in [2.05, 4.69) is 84.9 Å². The van der Waals surface area contributed by atoms with Crippen molar-refractivity contribution in [1.82, 2.24) is 0 Å². The van der Waals surface area contributed by atoms with E-state index in [-0.39, 0.29) is 6.29 Å². The summed E-state index contributed by atoms with van der Waals surface area (Å²) in [7, 11) is -0.605. The first-order valence-electron chi connectivity index (χ1n) is 9.13. The van der Waals surface area contributed by atoms with E-state index in [0.29, 0.717) is 0 Å². The van der Waals surface area contributed by atoms with Crippen molar-refractivity contribution in [3.05, 3.63) is 90.5 Å². The number of benzene rings is 3. The third kappa shape index (κ3) is 4.04. The lowest BCUT2D eigenvalue weighted by atomic mass is 10.1.